The number of halogens is 1. The topological polar surface area (TPSA) is 66.9 Å². The van der Waals surface area contributed by atoms with Crippen molar-refractivity contribution in [2.24, 2.45) is 0 Å². The number of anilines is 2. The van der Waals surface area contributed by atoms with Crippen molar-refractivity contribution < 1.29 is 4.79 Å². The van der Waals surface area contributed by atoms with Gasteiger partial charge in [0.05, 0.1) is 12.4 Å². The highest BCUT2D eigenvalue weighted by Gasteiger charge is 2.08. The Bertz CT molecular complexity index is 881. The molecule has 0 unspecified atom stereocenters. The van der Waals surface area contributed by atoms with Crippen molar-refractivity contribution >= 4 is 29.0 Å². The third kappa shape index (κ3) is 4.55. The molecule has 3 aromatic rings. The molecule has 3 rings (SSSR count). The number of hydrogen-bond donors (Lipinski definition) is 2. The fourth-order valence-corrected chi connectivity index (χ4v) is 2.49. The van der Waals surface area contributed by atoms with Crippen molar-refractivity contribution in [3.05, 3.63) is 82.8 Å². The smallest absolute Gasteiger partial charge is 0.271 e. The molecule has 0 aliphatic carbocycles. The molecular weight excluding hydrogens is 336 g/mol. The van der Waals surface area contributed by atoms with Gasteiger partial charge in [-0.15, -0.1) is 0 Å². The summed E-state index contributed by atoms with van der Waals surface area (Å²) in [6.07, 6.45) is 2.96. The number of rotatable bonds is 5. The Kier molecular flexibility index (Phi) is 5.26. The summed E-state index contributed by atoms with van der Waals surface area (Å²) < 4.78 is 0. The maximum Gasteiger partial charge on any atom is 0.271 e. The maximum absolute atomic E-state index is 12.2. The largest absolute Gasteiger partial charge is 0.347 e. The molecule has 0 aliphatic heterocycles. The Morgan fingerprint density at radius 1 is 1.08 bits per heavy atom. The van der Waals surface area contributed by atoms with Crippen LogP contribution in [0.5, 0.6) is 0 Å². The van der Waals surface area contributed by atoms with Gasteiger partial charge in [0.1, 0.15) is 11.5 Å². The van der Waals surface area contributed by atoms with Crippen molar-refractivity contribution in [3.8, 4) is 0 Å². The van der Waals surface area contributed by atoms with Crippen molar-refractivity contribution in [1.82, 2.24) is 15.3 Å². The average molecular weight is 353 g/mol. The van der Waals surface area contributed by atoms with Crippen molar-refractivity contribution in [1.29, 1.82) is 0 Å². The summed E-state index contributed by atoms with van der Waals surface area (Å²) in [4.78, 5) is 20.6. The molecule has 1 heterocycles. The van der Waals surface area contributed by atoms with Crippen LogP contribution in [0, 0.1) is 6.92 Å². The monoisotopic (exact) mass is 352 g/mol. The van der Waals surface area contributed by atoms with Crippen LogP contribution in [0.2, 0.25) is 5.02 Å². The molecule has 0 saturated heterocycles. The van der Waals surface area contributed by atoms with Gasteiger partial charge in [0, 0.05) is 17.3 Å². The number of nitrogens with zero attached hydrogens (tertiary/aromatic N) is 2. The Labute approximate surface area is 151 Å². The Morgan fingerprint density at radius 3 is 2.64 bits per heavy atom. The van der Waals surface area contributed by atoms with Crippen molar-refractivity contribution in [2.75, 3.05) is 5.32 Å². The van der Waals surface area contributed by atoms with Gasteiger partial charge in [0.25, 0.3) is 5.91 Å². The van der Waals surface area contributed by atoms with Crippen LogP contribution >= 0.6 is 11.6 Å². The predicted octanol–water partition coefficient (Wildman–Crippen LogP) is 4.11. The van der Waals surface area contributed by atoms with Gasteiger partial charge in [0.15, 0.2) is 0 Å². The number of nitrogens with one attached hydrogen (secondary N) is 2. The fraction of sp³-hybridized carbons (Fsp3) is 0.105. The van der Waals surface area contributed by atoms with Gasteiger partial charge in [0.2, 0.25) is 0 Å². The first-order chi connectivity index (χ1) is 12.1. The van der Waals surface area contributed by atoms with Crippen LogP contribution in [-0.4, -0.2) is 15.9 Å². The van der Waals surface area contributed by atoms with Gasteiger partial charge >= 0.3 is 0 Å². The predicted molar refractivity (Wildman–Crippen MR) is 99.1 cm³/mol. The van der Waals surface area contributed by atoms with Crippen LogP contribution in [0.25, 0.3) is 0 Å². The van der Waals surface area contributed by atoms with E-state index in [1.165, 1.54) is 12.4 Å². The molecule has 2 aromatic carbocycles. The first kappa shape index (κ1) is 16.9. The van der Waals surface area contributed by atoms with E-state index in [1.54, 1.807) is 12.1 Å². The second-order valence-corrected chi connectivity index (χ2v) is 5.97. The summed E-state index contributed by atoms with van der Waals surface area (Å²) in [7, 11) is 0. The third-order valence-electron chi connectivity index (χ3n) is 3.68. The molecule has 0 aliphatic rings. The Hall–Kier alpha value is -2.92. The van der Waals surface area contributed by atoms with E-state index >= 15 is 0 Å². The minimum absolute atomic E-state index is 0.259. The minimum atomic E-state index is -0.259. The molecule has 0 bridgehead atoms. The van der Waals surface area contributed by atoms with Gasteiger partial charge in [-0.2, -0.15) is 0 Å². The highest BCUT2D eigenvalue weighted by atomic mass is 35.5. The van der Waals surface area contributed by atoms with E-state index in [1.807, 2.05) is 43.3 Å². The van der Waals surface area contributed by atoms with Crippen molar-refractivity contribution in [2.45, 2.75) is 13.5 Å². The minimum Gasteiger partial charge on any atom is -0.347 e. The van der Waals surface area contributed by atoms with E-state index in [4.69, 9.17) is 11.6 Å². The zero-order chi connectivity index (χ0) is 17.6. The van der Waals surface area contributed by atoms with E-state index in [2.05, 4.69) is 20.6 Å². The lowest BCUT2D eigenvalue weighted by Gasteiger charge is -2.08. The fourth-order valence-electron chi connectivity index (χ4n) is 2.30. The molecule has 1 aromatic heterocycles. The highest BCUT2D eigenvalue weighted by Crippen LogP contribution is 2.18. The summed E-state index contributed by atoms with van der Waals surface area (Å²) >= 11 is 5.95. The van der Waals surface area contributed by atoms with Gasteiger partial charge in [-0.3, -0.25) is 4.79 Å². The summed E-state index contributed by atoms with van der Waals surface area (Å²) in [5.41, 5.74) is 3.28. The molecular formula is C19H17ClN4O. The van der Waals surface area contributed by atoms with E-state index in [0.717, 1.165) is 16.8 Å². The summed E-state index contributed by atoms with van der Waals surface area (Å²) in [6, 6.07) is 15.2. The van der Waals surface area contributed by atoms with Crippen LogP contribution in [0.4, 0.5) is 11.5 Å². The zero-order valence-electron chi connectivity index (χ0n) is 13.7. The Balaban J connectivity index is 1.61. The maximum atomic E-state index is 12.2. The number of hydrogen-bond acceptors (Lipinski definition) is 4. The second-order valence-electron chi connectivity index (χ2n) is 5.53. The average Bonchev–Trinajstić information content (AvgIpc) is 2.61. The van der Waals surface area contributed by atoms with Gasteiger partial charge in [-0.1, -0.05) is 41.9 Å². The lowest BCUT2D eigenvalue weighted by atomic mass is 10.1. The SMILES string of the molecule is Cc1ccccc1CNC(=O)c1cnc(Nc2cccc(Cl)c2)cn1. The first-order valence-corrected chi connectivity index (χ1v) is 8.17. The number of amides is 1. The van der Waals surface area contributed by atoms with Gasteiger partial charge < -0.3 is 10.6 Å². The molecule has 0 spiro atoms. The molecule has 0 fully saturated rings. The molecule has 5 nitrogen and oxygen atoms in total. The molecule has 6 heteroatoms. The summed E-state index contributed by atoms with van der Waals surface area (Å²) in [6.45, 7) is 2.47. The lowest BCUT2D eigenvalue weighted by molar-refractivity contribution is 0.0945. The quantitative estimate of drug-likeness (QED) is 0.725. The van der Waals surface area contributed by atoms with Crippen LogP contribution in [0.1, 0.15) is 21.6 Å². The zero-order valence-corrected chi connectivity index (χ0v) is 14.4. The second kappa shape index (κ2) is 7.77. The molecule has 1 amide bonds. The van der Waals surface area contributed by atoms with Gasteiger partial charge in [-0.25, -0.2) is 9.97 Å². The molecule has 25 heavy (non-hydrogen) atoms. The number of carbonyl (C=O) groups excluding carboxylic acids is 1. The van der Waals surface area contributed by atoms with Crippen LogP contribution in [0.3, 0.4) is 0 Å². The summed E-state index contributed by atoms with van der Waals surface area (Å²) in [5.74, 6) is 0.280. The third-order valence-corrected chi connectivity index (χ3v) is 3.92. The van der Waals surface area contributed by atoms with Crippen LogP contribution < -0.4 is 10.6 Å². The van der Waals surface area contributed by atoms with Gasteiger partial charge in [-0.05, 0) is 36.2 Å². The molecule has 126 valence electrons. The summed E-state index contributed by atoms with van der Waals surface area (Å²) in [5, 5.41) is 6.57. The number of aromatic nitrogens is 2. The van der Waals surface area contributed by atoms with E-state index < -0.39 is 0 Å². The Morgan fingerprint density at radius 2 is 1.92 bits per heavy atom. The molecule has 2 N–H and O–H groups in total. The first-order valence-electron chi connectivity index (χ1n) is 7.79. The van der Waals surface area contributed by atoms with E-state index in [-0.39, 0.29) is 11.6 Å². The number of carbonyl (C=O) groups is 1. The van der Waals surface area contributed by atoms with Crippen molar-refractivity contribution in [3.63, 3.8) is 0 Å². The highest BCUT2D eigenvalue weighted by molar-refractivity contribution is 6.30. The number of benzene rings is 2. The molecule has 0 radical (unpaired) electrons. The molecule has 0 saturated carbocycles. The normalized spacial score (nSPS) is 10.3. The van der Waals surface area contributed by atoms with Crippen LogP contribution in [-0.2, 0) is 6.54 Å². The standard InChI is InChI=1S/C19H17ClN4O/c1-13-5-2-3-6-14(13)10-23-19(25)17-11-22-18(12-21-17)24-16-8-4-7-15(20)9-16/h2-9,11-12H,10H2,1H3,(H,22,24)(H,23,25). The number of aryl methyl sites for hydroxylation is 1. The molecule has 0 atom stereocenters. The van der Waals surface area contributed by atoms with E-state index in [0.29, 0.717) is 17.4 Å². The van der Waals surface area contributed by atoms with E-state index in [9.17, 15) is 4.79 Å². The van der Waals surface area contributed by atoms with Crippen LogP contribution in [0.15, 0.2) is 60.9 Å². The lowest BCUT2D eigenvalue weighted by Crippen LogP contribution is -2.24.